The topological polar surface area (TPSA) is 78.8 Å². The highest BCUT2D eigenvalue weighted by molar-refractivity contribution is 5.70. The van der Waals surface area contributed by atoms with Crippen molar-refractivity contribution in [3.63, 3.8) is 0 Å². The number of nitrogens with one attached hydrogen (secondary N) is 1. The monoisotopic (exact) mass is 197 g/mol. The molecule has 14 heavy (non-hydrogen) atoms. The van der Waals surface area contributed by atoms with E-state index in [-0.39, 0.29) is 24.7 Å². The van der Waals surface area contributed by atoms with Crippen molar-refractivity contribution in [2.24, 2.45) is 0 Å². The number of phenols is 1. The quantitative estimate of drug-likeness (QED) is 0.658. The van der Waals surface area contributed by atoms with Gasteiger partial charge in [-0.15, -0.1) is 0 Å². The van der Waals surface area contributed by atoms with Crippen LogP contribution in [0.4, 0.5) is 4.79 Å². The van der Waals surface area contributed by atoms with Crippen molar-refractivity contribution in [1.82, 2.24) is 5.32 Å². The van der Waals surface area contributed by atoms with Gasteiger partial charge in [0.15, 0.2) is 0 Å². The molecule has 0 saturated carbocycles. The molecule has 0 fully saturated rings. The van der Waals surface area contributed by atoms with Crippen molar-refractivity contribution in [1.29, 1.82) is 0 Å². The molecule has 1 aromatic rings. The number of aliphatic hydroxyl groups is 1. The molecule has 0 aliphatic carbocycles. The summed E-state index contributed by atoms with van der Waals surface area (Å²) in [5, 5.41) is 19.8. The molecule has 76 valence electrons. The summed E-state index contributed by atoms with van der Waals surface area (Å²) in [5.41, 5.74) is 0. The van der Waals surface area contributed by atoms with E-state index in [9.17, 15) is 4.79 Å². The summed E-state index contributed by atoms with van der Waals surface area (Å²) in [6.07, 6.45) is -0.662. The van der Waals surface area contributed by atoms with Crippen LogP contribution in [0.1, 0.15) is 0 Å². The molecule has 0 radical (unpaired) electrons. The highest BCUT2D eigenvalue weighted by Crippen LogP contribution is 2.17. The van der Waals surface area contributed by atoms with Gasteiger partial charge in [0, 0.05) is 12.6 Å². The Morgan fingerprint density at radius 3 is 2.93 bits per heavy atom. The molecule has 1 amide bonds. The first-order valence-electron chi connectivity index (χ1n) is 4.08. The van der Waals surface area contributed by atoms with Gasteiger partial charge in [-0.25, -0.2) is 4.79 Å². The summed E-state index contributed by atoms with van der Waals surface area (Å²) in [7, 11) is 0. The van der Waals surface area contributed by atoms with E-state index < -0.39 is 6.09 Å². The van der Waals surface area contributed by atoms with Gasteiger partial charge in [0.25, 0.3) is 0 Å². The van der Waals surface area contributed by atoms with Crippen LogP contribution < -0.4 is 10.1 Å². The molecule has 0 saturated heterocycles. The van der Waals surface area contributed by atoms with E-state index in [1.807, 2.05) is 0 Å². The fraction of sp³-hybridized carbons (Fsp3) is 0.222. The molecule has 0 heterocycles. The van der Waals surface area contributed by atoms with Gasteiger partial charge in [-0.05, 0) is 12.1 Å². The number of aromatic hydroxyl groups is 1. The molecule has 0 bridgehead atoms. The first-order valence-corrected chi connectivity index (χ1v) is 4.08. The molecular formula is C9H11NO4. The molecule has 0 aliphatic rings. The zero-order valence-corrected chi connectivity index (χ0v) is 7.43. The number of benzene rings is 1. The van der Waals surface area contributed by atoms with Gasteiger partial charge in [0.2, 0.25) is 0 Å². The van der Waals surface area contributed by atoms with E-state index in [4.69, 9.17) is 14.9 Å². The molecule has 5 nitrogen and oxygen atoms in total. The molecule has 0 atom stereocenters. The lowest BCUT2D eigenvalue weighted by Gasteiger charge is -2.04. The predicted octanol–water partition coefficient (Wildman–Crippen LogP) is 0.473. The fourth-order valence-corrected chi connectivity index (χ4v) is 0.848. The van der Waals surface area contributed by atoms with Gasteiger partial charge in [-0.3, -0.25) is 0 Å². The van der Waals surface area contributed by atoms with Crippen LogP contribution >= 0.6 is 0 Å². The van der Waals surface area contributed by atoms with Gasteiger partial charge in [-0.1, -0.05) is 6.07 Å². The molecule has 3 N–H and O–H groups in total. The van der Waals surface area contributed by atoms with Crippen LogP contribution in [0.3, 0.4) is 0 Å². The zero-order chi connectivity index (χ0) is 10.4. The number of rotatable bonds is 3. The average molecular weight is 197 g/mol. The summed E-state index contributed by atoms with van der Waals surface area (Å²) in [4.78, 5) is 11.0. The standard InChI is InChI=1S/C9H11NO4/c11-5-4-10-9(13)14-8-3-1-2-7(12)6-8/h1-3,6,11-12H,4-5H2,(H,10,13). The van der Waals surface area contributed by atoms with Gasteiger partial charge >= 0.3 is 6.09 Å². The number of aliphatic hydroxyl groups excluding tert-OH is 1. The smallest absolute Gasteiger partial charge is 0.412 e. The average Bonchev–Trinajstić information content (AvgIpc) is 2.15. The third-order valence-corrected chi connectivity index (χ3v) is 1.41. The Morgan fingerprint density at radius 1 is 1.50 bits per heavy atom. The number of amides is 1. The van der Waals surface area contributed by atoms with Gasteiger partial charge in [-0.2, -0.15) is 0 Å². The van der Waals surface area contributed by atoms with Crippen LogP contribution in [0.5, 0.6) is 11.5 Å². The van der Waals surface area contributed by atoms with Crippen LogP contribution in [0.25, 0.3) is 0 Å². The highest BCUT2D eigenvalue weighted by atomic mass is 16.6. The third kappa shape index (κ3) is 3.32. The van der Waals surface area contributed by atoms with Crippen LogP contribution in [-0.2, 0) is 0 Å². The van der Waals surface area contributed by atoms with Crippen LogP contribution in [-0.4, -0.2) is 29.5 Å². The first kappa shape index (κ1) is 10.3. The van der Waals surface area contributed by atoms with E-state index >= 15 is 0 Å². The van der Waals surface area contributed by atoms with E-state index in [0.717, 1.165) is 0 Å². The Morgan fingerprint density at radius 2 is 2.29 bits per heavy atom. The lowest BCUT2D eigenvalue weighted by Crippen LogP contribution is -2.29. The molecule has 5 heteroatoms. The largest absolute Gasteiger partial charge is 0.508 e. The van der Waals surface area contributed by atoms with E-state index in [2.05, 4.69) is 5.32 Å². The lowest BCUT2D eigenvalue weighted by atomic mass is 10.3. The minimum absolute atomic E-state index is 0.0254. The summed E-state index contributed by atoms with van der Waals surface area (Å²) < 4.78 is 4.78. The zero-order valence-electron chi connectivity index (χ0n) is 7.43. The maximum Gasteiger partial charge on any atom is 0.412 e. The van der Waals surface area contributed by atoms with E-state index in [0.29, 0.717) is 0 Å². The van der Waals surface area contributed by atoms with Gasteiger partial charge in [0.1, 0.15) is 11.5 Å². The second-order valence-corrected chi connectivity index (χ2v) is 2.54. The summed E-state index contributed by atoms with van der Waals surface area (Å²) in [5.74, 6) is 0.276. The Balaban J connectivity index is 2.47. The number of phenolic OH excluding ortho intramolecular Hbond substituents is 1. The highest BCUT2D eigenvalue weighted by Gasteiger charge is 2.02. The summed E-state index contributed by atoms with van der Waals surface area (Å²) >= 11 is 0. The number of hydrogen-bond donors (Lipinski definition) is 3. The number of hydrogen-bond acceptors (Lipinski definition) is 4. The number of carbonyl (C=O) groups excluding carboxylic acids is 1. The summed E-state index contributed by atoms with van der Waals surface area (Å²) in [6, 6.07) is 5.89. The molecule has 0 aliphatic heterocycles. The Labute approximate surface area is 80.9 Å². The molecule has 0 aromatic heterocycles. The first-order chi connectivity index (χ1) is 6.72. The van der Waals surface area contributed by atoms with Gasteiger partial charge < -0.3 is 20.3 Å². The Hall–Kier alpha value is -1.75. The van der Waals surface area contributed by atoms with Crippen molar-refractivity contribution in [3.05, 3.63) is 24.3 Å². The lowest BCUT2D eigenvalue weighted by molar-refractivity contribution is 0.195. The third-order valence-electron chi connectivity index (χ3n) is 1.41. The SMILES string of the molecule is O=C(NCCO)Oc1cccc(O)c1. The van der Waals surface area contributed by atoms with Crippen molar-refractivity contribution in [2.75, 3.05) is 13.2 Å². The Bertz CT molecular complexity index is 313. The second kappa shape index (κ2) is 5.08. The van der Waals surface area contributed by atoms with Crippen LogP contribution in [0, 0.1) is 0 Å². The maximum absolute atomic E-state index is 11.0. The molecule has 1 aromatic carbocycles. The van der Waals surface area contributed by atoms with Crippen LogP contribution in [0.2, 0.25) is 0 Å². The Kier molecular flexibility index (Phi) is 3.75. The molecule has 0 unspecified atom stereocenters. The van der Waals surface area contributed by atoms with Crippen molar-refractivity contribution in [3.8, 4) is 11.5 Å². The van der Waals surface area contributed by atoms with Crippen molar-refractivity contribution < 1.29 is 19.7 Å². The van der Waals surface area contributed by atoms with Gasteiger partial charge in [0.05, 0.1) is 6.61 Å². The molecular weight excluding hydrogens is 186 g/mol. The van der Waals surface area contributed by atoms with E-state index in [1.54, 1.807) is 6.07 Å². The fourth-order valence-electron chi connectivity index (χ4n) is 0.848. The minimum atomic E-state index is -0.662. The number of carbonyl (C=O) groups is 1. The molecule has 1 rings (SSSR count). The normalized spacial score (nSPS) is 9.50. The maximum atomic E-state index is 11.0. The minimum Gasteiger partial charge on any atom is -0.508 e. The van der Waals surface area contributed by atoms with Crippen molar-refractivity contribution >= 4 is 6.09 Å². The predicted molar refractivity (Wildman–Crippen MR) is 49.2 cm³/mol. The molecule has 0 spiro atoms. The van der Waals surface area contributed by atoms with E-state index in [1.165, 1.54) is 18.2 Å². The summed E-state index contributed by atoms with van der Waals surface area (Å²) in [6.45, 7) is -0.00715. The second-order valence-electron chi connectivity index (χ2n) is 2.54. The van der Waals surface area contributed by atoms with Crippen molar-refractivity contribution in [2.45, 2.75) is 0 Å². The van der Waals surface area contributed by atoms with Crippen LogP contribution in [0.15, 0.2) is 24.3 Å². The number of ether oxygens (including phenoxy) is 1.